The first kappa shape index (κ1) is 19.0. The molecule has 2 aromatic rings. The Balaban J connectivity index is 1.63. The number of nitriles is 1. The van der Waals surface area contributed by atoms with E-state index < -0.39 is 10.0 Å². The molecule has 0 atom stereocenters. The molecule has 2 heterocycles. The Bertz CT molecular complexity index is 973. The number of nitrogens with one attached hydrogen (secondary N) is 1. The van der Waals surface area contributed by atoms with Crippen molar-refractivity contribution in [1.82, 2.24) is 9.29 Å². The van der Waals surface area contributed by atoms with Gasteiger partial charge in [-0.25, -0.2) is 13.4 Å². The van der Waals surface area contributed by atoms with Crippen LogP contribution in [0.25, 0.3) is 0 Å². The summed E-state index contributed by atoms with van der Waals surface area (Å²) in [5, 5.41) is 11.7. The van der Waals surface area contributed by atoms with Crippen LogP contribution in [-0.4, -0.2) is 36.7 Å². The highest BCUT2D eigenvalue weighted by atomic mass is 32.2. The Hall–Kier alpha value is -2.76. The van der Waals surface area contributed by atoms with Crippen molar-refractivity contribution in [2.24, 2.45) is 5.92 Å². The normalized spacial score (nSPS) is 15.9. The van der Waals surface area contributed by atoms with Crippen LogP contribution >= 0.6 is 0 Å². The molecule has 1 aromatic carbocycles. The van der Waals surface area contributed by atoms with E-state index in [9.17, 15) is 13.2 Å². The van der Waals surface area contributed by atoms with E-state index in [2.05, 4.69) is 10.3 Å². The van der Waals surface area contributed by atoms with Crippen LogP contribution in [0.1, 0.15) is 24.0 Å². The number of aromatic nitrogens is 1. The highest BCUT2D eigenvalue weighted by Gasteiger charge is 2.32. The zero-order valence-electron chi connectivity index (χ0n) is 14.9. The Labute approximate surface area is 158 Å². The number of piperidine rings is 1. The van der Waals surface area contributed by atoms with Crippen LogP contribution in [0.2, 0.25) is 0 Å². The van der Waals surface area contributed by atoms with E-state index in [1.165, 1.54) is 28.6 Å². The minimum Gasteiger partial charge on any atom is -0.310 e. The van der Waals surface area contributed by atoms with E-state index in [4.69, 9.17) is 5.26 Å². The van der Waals surface area contributed by atoms with Crippen LogP contribution in [0.5, 0.6) is 0 Å². The molecular formula is C19H20N4O3S. The molecule has 1 saturated heterocycles. The number of hydrogen-bond donors (Lipinski definition) is 1. The molecule has 0 bridgehead atoms. The maximum Gasteiger partial charge on any atom is 0.243 e. The number of benzene rings is 1. The number of aryl methyl sites for hydroxylation is 1. The van der Waals surface area contributed by atoms with Gasteiger partial charge in [0.2, 0.25) is 15.9 Å². The lowest BCUT2D eigenvalue weighted by Gasteiger charge is -2.30. The fourth-order valence-electron chi connectivity index (χ4n) is 3.04. The van der Waals surface area contributed by atoms with Crippen molar-refractivity contribution >= 4 is 21.7 Å². The molecule has 3 rings (SSSR count). The third-order valence-corrected chi connectivity index (χ3v) is 6.61. The van der Waals surface area contributed by atoms with Crippen LogP contribution in [-0.2, 0) is 14.8 Å². The first-order valence-electron chi connectivity index (χ1n) is 8.64. The van der Waals surface area contributed by atoms with Gasteiger partial charge in [0.15, 0.2) is 0 Å². The Morgan fingerprint density at radius 3 is 2.48 bits per heavy atom. The lowest BCUT2D eigenvalue weighted by atomic mass is 9.97. The molecule has 8 heteroatoms. The molecule has 7 nitrogen and oxygen atoms in total. The van der Waals surface area contributed by atoms with Gasteiger partial charge in [0.25, 0.3) is 0 Å². The predicted octanol–water partition coefficient (Wildman–Crippen LogP) is 2.30. The number of hydrogen-bond acceptors (Lipinski definition) is 5. The van der Waals surface area contributed by atoms with Crippen LogP contribution in [0.15, 0.2) is 47.5 Å². The lowest BCUT2D eigenvalue weighted by molar-refractivity contribution is -0.120. The van der Waals surface area contributed by atoms with E-state index in [-0.39, 0.29) is 29.8 Å². The molecule has 0 spiro atoms. The minimum atomic E-state index is -3.62. The molecule has 0 saturated carbocycles. The highest BCUT2D eigenvalue weighted by Crippen LogP contribution is 2.25. The monoisotopic (exact) mass is 384 g/mol. The van der Waals surface area contributed by atoms with Crippen molar-refractivity contribution in [2.45, 2.75) is 24.7 Å². The summed E-state index contributed by atoms with van der Waals surface area (Å²) >= 11 is 0. The van der Waals surface area contributed by atoms with E-state index in [1.807, 2.05) is 19.1 Å². The summed E-state index contributed by atoms with van der Waals surface area (Å²) in [6.45, 7) is 2.43. The molecule has 1 amide bonds. The Morgan fingerprint density at radius 2 is 1.89 bits per heavy atom. The van der Waals surface area contributed by atoms with Gasteiger partial charge in [-0.15, -0.1) is 0 Å². The Kier molecular flexibility index (Phi) is 5.54. The summed E-state index contributed by atoms with van der Waals surface area (Å²) in [6.07, 6.45) is 2.52. The molecule has 1 aromatic heterocycles. The van der Waals surface area contributed by atoms with E-state index in [0.717, 1.165) is 5.56 Å². The summed E-state index contributed by atoms with van der Waals surface area (Å²) in [5.74, 6) is 0.154. The summed E-state index contributed by atoms with van der Waals surface area (Å²) in [4.78, 5) is 16.8. The first-order valence-corrected chi connectivity index (χ1v) is 10.1. The maximum atomic E-state index is 12.7. The third kappa shape index (κ3) is 4.15. The SMILES string of the molecule is Cc1cccnc1NC(=O)C1CCN(S(=O)(=O)c2ccc(C#N)cc2)CC1. The second kappa shape index (κ2) is 7.86. The zero-order chi connectivity index (χ0) is 19.4. The topological polar surface area (TPSA) is 103 Å². The number of nitrogens with zero attached hydrogens (tertiary/aromatic N) is 3. The molecule has 1 N–H and O–H groups in total. The van der Waals surface area contributed by atoms with Crippen LogP contribution in [0.3, 0.4) is 0 Å². The average Bonchev–Trinajstić information content (AvgIpc) is 2.70. The van der Waals surface area contributed by atoms with E-state index in [1.54, 1.807) is 12.3 Å². The average molecular weight is 384 g/mol. The molecule has 1 fully saturated rings. The second-order valence-corrected chi connectivity index (χ2v) is 8.41. The van der Waals surface area contributed by atoms with Crippen molar-refractivity contribution in [2.75, 3.05) is 18.4 Å². The van der Waals surface area contributed by atoms with Crippen LogP contribution in [0.4, 0.5) is 5.82 Å². The van der Waals surface area contributed by atoms with Crippen LogP contribution < -0.4 is 5.32 Å². The van der Waals surface area contributed by atoms with Crippen molar-refractivity contribution in [3.63, 3.8) is 0 Å². The van der Waals surface area contributed by atoms with Crippen molar-refractivity contribution in [3.05, 3.63) is 53.7 Å². The molecule has 27 heavy (non-hydrogen) atoms. The van der Waals surface area contributed by atoms with Crippen molar-refractivity contribution < 1.29 is 13.2 Å². The largest absolute Gasteiger partial charge is 0.310 e. The fraction of sp³-hybridized carbons (Fsp3) is 0.316. The summed E-state index contributed by atoms with van der Waals surface area (Å²) in [7, 11) is -3.62. The molecule has 0 unspecified atom stereocenters. The lowest BCUT2D eigenvalue weighted by Crippen LogP contribution is -2.41. The zero-order valence-corrected chi connectivity index (χ0v) is 15.7. The molecular weight excluding hydrogens is 364 g/mol. The molecule has 140 valence electrons. The number of carbonyl (C=O) groups is 1. The van der Waals surface area contributed by atoms with Gasteiger partial charge in [0.1, 0.15) is 5.82 Å². The summed E-state index contributed by atoms with van der Waals surface area (Å²) in [5.41, 5.74) is 1.29. The molecule has 1 aliphatic rings. The molecule has 0 radical (unpaired) electrons. The number of carbonyl (C=O) groups excluding carboxylic acids is 1. The number of sulfonamides is 1. The maximum absolute atomic E-state index is 12.7. The molecule has 1 aliphatic heterocycles. The fourth-order valence-corrected chi connectivity index (χ4v) is 4.51. The smallest absolute Gasteiger partial charge is 0.243 e. The standard InChI is InChI=1S/C19H20N4O3S/c1-14-3-2-10-21-18(14)22-19(24)16-8-11-23(12-9-16)27(25,26)17-6-4-15(13-20)5-7-17/h2-7,10,16H,8-9,11-12H2,1H3,(H,21,22,24). The minimum absolute atomic E-state index is 0.132. The van der Waals surface area contributed by atoms with Gasteiger partial charge < -0.3 is 5.32 Å². The second-order valence-electron chi connectivity index (χ2n) is 6.47. The van der Waals surface area contributed by atoms with E-state index >= 15 is 0 Å². The van der Waals surface area contributed by atoms with E-state index in [0.29, 0.717) is 24.2 Å². The van der Waals surface area contributed by atoms with Crippen molar-refractivity contribution in [1.29, 1.82) is 5.26 Å². The van der Waals surface area contributed by atoms with Crippen LogP contribution in [0, 0.1) is 24.2 Å². The third-order valence-electron chi connectivity index (χ3n) is 4.70. The van der Waals surface area contributed by atoms with Gasteiger partial charge in [0.05, 0.1) is 16.5 Å². The Morgan fingerprint density at radius 1 is 1.22 bits per heavy atom. The summed E-state index contributed by atoms with van der Waals surface area (Å²) < 4.78 is 26.9. The van der Waals surface area contributed by atoms with Gasteiger partial charge in [-0.1, -0.05) is 6.07 Å². The quantitative estimate of drug-likeness (QED) is 0.871. The van der Waals surface area contributed by atoms with Gasteiger partial charge in [-0.05, 0) is 55.7 Å². The highest BCUT2D eigenvalue weighted by molar-refractivity contribution is 7.89. The predicted molar refractivity (Wildman–Crippen MR) is 100 cm³/mol. The van der Waals surface area contributed by atoms with Crippen molar-refractivity contribution in [3.8, 4) is 6.07 Å². The number of rotatable bonds is 4. The van der Waals surface area contributed by atoms with Gasteiger partial charge >= 0.3 is 0 Å². The number of anilines is 1. The molecule has 0 aliphatic carbocycles. The first-order chi connectivity index (χ1) is 12.9. The number of pyridine rings is 1. The van der Waals surface area contributed by atoms with Gasteiger partial charge in [0, 0.05) is 25.2 Å². The number of amides is 1. The van der Waals surface area contributed by atoms with Gasteiger partial charge in [-0.3, -0.25) is 4.79 Å². The van der Waals surface area contributed by atoms with Gasteiger partial charge in [-0.2, -0.15) is 9.57 Å². The summed E-state index contributed by atoms with van der Waals surface area (Å²) in [6, 6.07) is 11.5.